The van der Waals surface area contributed by atoms with E-state index in [4.69, 9.17) is 11.1 Å². The summed E-state index contributed by atoms with van der Waals surface area (Å²) in [6, 6.07) is 19.3. The highest BCUT2D eigenvalue weighted by Gasteiger charge is 2.44. The average Bonchev–Trinajstić information content (AvgIpc) is 2.89. The molecule has 1 saturated heterocycles. The topological polar surface area (TPSA) is 137 Å². The van der Waals surface area contributed by atoms with Crippen LogP contribution < -0.4 is 20.9 Å². The number of nitrogens with two attached hydrogens (primary N) is 1. The minimum Gasteiger partial charge on any atom is -0.384 e. The molecule has 2 heterocycles. The number of fused-ring (bicyclic) bond motifs is 1. The number of nitrogens with one attached hydrogen (secondary N) is 2. The van der Waals surface area contributed by atoms with Crippen LogP contribution >= 0.6 is 0 Å². The van der Waals surface area contributed by atoms with E-state index in [0.717, 1.165) is 0 Å². The molecule has 3 aromatic carbocycles. The van der Waals surface area contributed by atoms with Crippen molar-refractivity contribution in [2.24, 2.45) is 5.73 Å². The van der Waals surface area contributed by atoms with Crippen molar-refractivity contribution in [1.82, 2.24) is 5.32 Å². The van der Waals surface area contributed by atoms with E-state index in [9.17, 15) is 18.0 Å². The number of nitrogens with zero attached hydrogens (tertiary/aromatic N) is 2. The number of hydrogen-bond donors (Lipinski definition) is 3. The van der Waals surface area contributed by atoms with Gasteiger partial charge in [-0.25, -0.2) is 8.42 Å². The van der Waals surface area contributed by atoms with Crippen molar-refractivity contribution in [3.05, 3.63) is 90.6 Å². The minimum atomic E-state index is -3.42. The Kier molecular flexibility index (Phi) is 6.14. The molecule has 10 heteroatoms. The summed E-state index contributed by atoms with van der Waals surface area (Å²) in [4.78, 5) is 29.9. The van der Waals surface area contributed by atoms with E-state index in [1.807, 2.05) is 6.08 Å². The van der Waals surface area contributed by atoms with Gasteiger partial charge in [-0.3, -0.25) is 30.1 Å². The first-order valence-electron chi connectivity index (χ1n) is 11.6. The molecule has 0 bridgehead atoms. The van der Waals surface area contributed by atoms with Crippen LogP contribution in [0.15, 0.2) is 90.0 Å². The summed E-state index contributed by atoms with van der Waals surface area (Å²) < 4.78 is 24.5. The third-order valence-electron chi connectivity index (χ3n) is 6.49. The van der Waals surface area contributed by atoms with Crippen LogP contribution in [-0.2, 0) is 19.4 Å². The van der Waals surface area contributed by atoms with Crippen LogP contribution in [0.5, 0.6) is 0 Å². The number of amides is 2. The number of sulfone groups is 1. The normalized spacial score (nSPS) is 19.6. The number of hydrogen-bond acceptors (Lipinski definition) is 6. The van der Waals surface area contributed by atoms with Gasteiger partial charge >= 0.3 is 0 Å². The van der Waals surface area contributed by atoms with Gasteiger partial charge in [0, 0.05) is 35.0 Å². The molecule has 2 amide bonds. The first-order valence-corrected chi connectivity index (χ1v) is 13.4. The number of rotatable bonds is 5. The van der Waals surface area contributed by atoms with Crippen LogP contribution in [0.1, 0.15) is 5.56 Å². The number of amidine groups is 1. The largest absolute Gasteiger partial charge is 0.384 e. The first-order chi connectivity index (χ1) is 17.6. The molecule has 9 nitrogen and oxygen atoms in total. The van der Waals surface area contributed by atoms with Crippen molar-refractivity contribution >= 4 is 38.9 Å². The molecular formula is C27H25N5O4S. The second kappa shape index (κ2) is 9.30. The van der Waals surface area contributed by atoms with Gasteiger partial charge in [-0.2, -0.15) is 0 Å². The zero-order valence-corrected chi connectivity index (χ0v) is 20.8. The minimum absolute atomic E-state index is 0.0670. The van der Waals surface area contributed by atoms with E-state index in [1.165, 1.54) is 16.1 Å². The smallest absolute Gasteiger partial charge is 0.256 e. The SMILES string of the molecule is CS(=O)(=O)c1ccccc1-c1ccc(N2C=CC3NCC(=O)N(c4cccc(C(=N)N)c4)C3C2=O)cc1. The molecule has 0 aliphatic carbocycles. The van der Waals surface area contributed by atoms with Gasteiger partial charge in [-0.1, -0.05) is 42.5 Å². The number of carbonyl (C=O) groups excluding carboxylic acids is 2. The highest BCUT2D eigenvalue weighted by atomic mass is 32.2. The summed E-state index contributed by atoms with van der Waals surface area (Å²) in [5.74, 6) is -0.696. The Morgan fingerprint density at radius 1 is 1.00 bits per heavy atom. The van der Waals surface area contributed by atoms with E-state index in [1.54, 1.807) is 79.0 Å². The van der Waals surface area contributed by atoms with Gasteiger partial charge in [0.1, 0.15) is 11.9 Å². The Hall–Kier alpha value is -4.28. The molecule has 0 spiro atoms. The van der Waals surface area contributed by atoms with Gasteiger partial charge in [0.15, 0.2) is 9.84 Å². The molecule has 0 saturated carbocycles. The molecule has 2 atom stereocenters. The van der Waals surface area contributed by atoms with Crippen LogP contribution in [0.2, 0.25) is 0 Å². The van der Waals surface area contributed by atoms with E-state index in [-0.39, 0.29) is 35.1 Å². The summed E-state index contributed by atoms with van der Waals surface area (Å²) in [5.41, 5.74) is 8.45. The van der Waals surface area contributed by atoms with Crippen LogP contribution in [0.25, 0.3) is 11.1 Å². The molecule has 3 aromatic rings. The lowest BCUT2D eigenvalue weighted by atomic mass is 9.96. The maximum absolute atomic E-state index is 13.7. The van der Waals surface area contributed by atoms with Crippen LogP contribution in [0.4, 0.5) is 11.4 Å². The fourth-order valence-corrected chi connectivity index (χ4v) is 5.63. The van der Waals surface area contributed by atoms with Crippen molar-refractivity contribution in [1.29, 1.82) is 5.41 Å². The Morgan fingerprint density at radius 3 is 2.43 bits per heavy atom. The van der Waals surface area contributed by atoms with Crippen molar-refractivity contribution in [2.45, 2.75) is 17.0 Å². The lowest BCUT2D eigenvalue weighted by Crippen LogP contribution is -2.67. The fraction of sp³-hybridized carbons (Fsp3) is 0.148. The van der Waals surface area contributed by atoms with Gasteiger partial charge in [0.2, 0.25) is 5.91 Å². The van der Waals surface area contributed by atoms with Crippen LogP contribution in [0, 0.1) is 5.41 Å². The zero-order chi connectivity index (χ0) is 26.3. The number of anilines is 2. The summed E-state index contributed by atoms with van der Waals surface area (Å²) in [6.45, 7) is 0.0670. The summed E-state index contributed by atoms with van der Waals surface area (Å²) in [7, 11) is -3.42. The molecule has 4 N–H and O–H groups in total. The summed E-state index contributed by atoms with van der Waals surface area (Å²) in [6.07, 6.45) is 4.69. The Labute approximate surface area is 214 Å². The van der Waals surface area contributed by atoms with Gasteiger partial charge in [0.25, 0.3) is 5.91 Å². The van der Waals surface area contributed by atoms with Crippen LogP contribution in [0.3, 0.4) is 0 Å². The Bertz CT molecular complexity index is 1550. The molecule has 0 aromatic heterocycles. The molecule has 2 aliphatic heterocycles. The maximum Gasteiger partial charge on any atom is 0.256 e. The predicted molar refractivity (Wildman–Crippen MR) is 142 cm³/mol. The molecule has 0 radical (unpaired) electrons. The van der Waals surface area contributed by atoms with Gasteiger partial charge in [0.05, 0.1) is 17.5 Å². The van der Waals surface area contributed by atoms with Gasteiger partial charge < -0.3 is 5.73 Å². The third kappa shape index (κ3) is 4.52. The monoisotopic (exact) mass is 515 g/mol. The third-order valence-corrected chi connectivity index (χ3v) is 7.64. The summed E-state index contributed by atoms with van der Waals surface area (Å²) in [5, 5.41) is 10.8. The molecule has 2 unspecified atom stereocenters. The second-order valence-corrected chi connectivity index (χ2v) is 10.9. The second-order valence-electron chi connectivity index (χ2n) is 8.94. The standard InChI is InChI=1S/C27H25N5O4S/c1-37(35,36)23-8-3-2-7-21(23)17-9-11-19(12-10-17)31-14-13-22-25(27(31)34)32(24(33)16-30-22)20-6-4-5-18(15-20)26(28)29/h2-15,22,25,30H,16H2,1H3,(H3,28,29). The van der Waals surface area contributed by atoms with Gasteiger partial charge in [-0.15, -0.1) is 0 Å². The Balaban J connectivity index is 1.48. The van der Waals surface area contributed by atoms with E-state index in [2.05, 4.69) is 5.32 Å². The average molecular weight is 516 g/mol. The molecule has 2 aliphatic rings. The van der Waals surface area contributed by atoms with Crippen molar-refractivity contribution < 1.29 is 18.0 Å². The number of benzene rings is 3. The van der Waals surface area contributed by atoms with Crippen molar-refractivity contribution in [3.8, 4) is 11.1 Å². The Morgan fingerprint density at radius 2 is 1.73 bits per heavy atom. The molecule has 5 rings (SSSR count). The highest BCUT2D eigenvalue weighted by molar-refractivity contribution is 7.90. The molecule has 1 fully saturated rings. The lowest BCUT2D eigenvalue weighted by molar-refractivity contribution is -0.126. The summed E-state index contributed by atoms with van der Waals surface area (Å²) >= 11 is 0. The predicted octanol–water partition coefficient (Wildman–Crippen LogP) is 2.28. The van der Waals surface area contributed by atoms with Crippen molar-refractivity contribution in [2.75, 3.05) is 22.6 Å². The highest BCUT2D eigenvalue weighted by Crippen LogP contribution is 2.32. The molecular weight excluding hydrogens is 490 g/mol. The zero-order valence-electron chi connectivity index (χ0n) is 20.0. The van der Waals surface area contributed by atoms with Crippen molar-refractivity contribution in [3.63, 3.8) is 0 Å². The quantitative estimate of drug-likeness (QED) is 0.352. The van der Waals surface area contributed by atoms with E-state index < -0.39 is 15.9 Å². The molecule has 188 valence electrons. The van der Waals surface area contributed by atoms with Gasteiger partial charge in [-0.05, 0) is 42.0 Å². The number of carbonyl (C=O) groups is 2. The maximum atomic E-state index is 13.7. The van der Waals surface area contributed by atoms with E-state index >= 15 is 0 Å². The molecule has 37 heavy (non-hydrogen) atoms. The first kappa shape index (κ1) is 24.4. The number of piperazine rings is 1. The number of nitrogen functional groups attached to an aromatic ring is 1. The van der Waals surface area contributed by atoms with E-state index in [0.29, 0.717) is 28.1 Å². The fourth-order valence-electron chi connectivity index (χ4n) is 4.72. The lowest BCUT2D eigenvalue weighted by Gasteiger charge is -2.43. The van der Waals surface area contributed by atoms with Crippen LogP contribution in [-0.4, -0.2) is 51.0 Å².